The van der Waals surface area contributed by atoms with Crippen molar-refractivity contribution >= 4 is 34.5 Å². The average Bonchev–Trinajstić information content (AvgIpc) is 2.25. The van der Waals surface area contributed by atoms with Crippen molar-refractivity contribution in [2.75, 3.05) is 0 Å². The summed E-state index contributed by atoms with van der Waals surface area (Å²) in [4.78, 5) is 11.3. The van der Waals surface area contributed by atoms with Gasteiger partial charge in [-0.2, -0.15) is 0 Å². The van der Waals surface area contributed by atoms with Crippen LogP contribution in [0.5, 0.6) is 0 Å². The van der Waals surface area contributed by atoms with E-state index in [4.69, 9.17) is 9.31 Å². The van der Waals surface area contributed by atoms with Crippen LogP contribution in [0.4, 0.5) is 0 Å². The molecule has 0 aliphatic carbocycles. The van der Waals surface area contributed by atoms with Gasteiger partial charge < -0.3 is 14.4 Å². The number of aromatic carboxylic acids is 1. The number of halogens is 1. The Bertz CT molecular complexity index is 503. The lowest BCUT2D eigenvalue weighted by molar-refractivity contribution is -0.0231. The number of carboxylic acid groups (broad SMARTS) is 1. The molecule has 4 nitrogen and oxygen atoms in total. The Kier molecular flexibility index (Phi) is 4.04. The third-order valence-corrected chi connectivity index (χ3v) is 3.55. The fourth-order valence-corrected chi connectivity index (χ4v) is 2.73. The second-order valence-corrected chi connectivity index (χ2v) is 6.31. The molecule has 0 saturated carbocycles. The molecule has 2 rings (SSSR count). The average molecular weight is 327 g/mol. The third kappa shape index (κ3) is 3.38. The molecule has 1 heterocycles. The van der Waals surface area contributed by atoms with E-state index in [0.717, 1.165) is 10.9 Å². The van der Waals surface area contributed by atoms with Crippen LogP contribution in [-0.2, 0) is 9.31 Å². The molecule has 6 heteroatoms. The van der Waals surface area contributed by atoms with E-state index in [9.17, 15) is 9.90 Å². The number of hydrogen-bond donors (Lipinski definition) is 1. The summed E-state index contributed by atoms with van der Waals surface area (Å²) < 4.78 is 12.3. The molecule has 0 spiro atoms. The Morgan fingerprint density at radius 2 is 2.21 bits per heavy atom. The van der Waals surface area contributed by atoms with E-state index >= 15 is 0 Å². The predicted molar refractivity (Wildman–Crippen MR) is 76.8 cm³/mol. The molecule has 1 saturated heterocycles. The van der Waals surface area contributed by atoms with Crippen molar-refractivity contribution in [1.82, 2.24) is 0 Å². The topological polar surface area (TPSA) is 55.8 Å². The van der Waals surface area contributed by atoms with Crippen LogP contribution in [0, 0.1) is 0 Å². The normalized spacial score (nSPS) is 22.3. The standard InChI is InChI=1S/C13H16BBrO4/c1-8-7-13(2,3)19-14(18-8)11-5-4-9(15)6-10(11)12(16)17/h4-6,8H,7H2,1-3H3,(H,16,17). The summed E-state index contributed by atoms with van der Waals surface area (Å²) >= 11 is 3.28. The van der Waals surface area contributed by atoms with E-state index in [1.807, 2.05) is 20.8 Å². The van der Waals surface area contributed by atoms with Gasteiger partial charge in [0.25, 0.3) is 0 Å². The number of rotatable bonds is 2. The van der Waals surface area contributed by atoms with Gasteiger partial charge in [-0.25, -0.2) is 4.79 Å². The zero-order valence-corrected chi connectivity index (χ0v) is 12.7. The minimum absolute atomic E-state index is 0.0269. The minimum Gasteiger partial charge on any atom is -0.478 e. The predicted octanol–water partition coefficient (Wildman–Crippen LogP) is 2.45. The summed E-state index contributed by atoms with van der Waals surface area (Å²) in [6, 6.07) is 5.09. The van der Waals surface area contributed by atoms with Gasteiger partial charge >= 0.3 is 13.1 Å². The quantitative estimate of drug-likeness (QED) is 0.848. The van der Waals surface area contributed by atoms with Gasteiger partial charge in [0, 0.05) is 10.6 Å². The van der Waals surface area contributed by atoms with Crippen molar-refractivity contribution in [2.45, 2.75) is 38.9 Å². The van der Waals surface area contributed by atoms with E-state index in [0.29, 0.717) is 5.46 Å². The maximum atomic E-state index is 11.3. The summed E-state index contributed by atoms with van der Waals surface area (Å²) in [5.74, 6) is -0.987. The summed E-state index contributed by atoms with van der Waals surface area (Å²) in [6.07, 6.45) is 0.807. The van der Waals surface area contributed by atoms with Gasteiger partial charge in [0.15, 0.2) is 0 Å². The van der Waals surface area contributed by atoms with Crippen LogP contribution in [-0.4, -0.2) is 29.9 Å². The zero-order chi connectivity index (χ0) is 14.2. The molecule has 0 amide bonds. The first-order valence-electron chi connectivity index (χ1n) is 6.14. The van der Waals surface area contributed by atoms with Crippen LogP contribution in [0.1, 0.15) is 37.6 Å². The first-order valence-corrected chi connectivity index (χ1v) is 6.94. The maximum absolute atomic E-state index is 11.3. The molecular weight excluding hydrogens is 311 g/mol. The summed E-state index contributed by atoms with van der Waals surface area (Å²) in [7, 11) is -0.641. The second-order valence-electron chi connectivity index (χ2n) is 5.40. The van der Waals surface area contributed by atoms with Gasteiger partial charge in [0.2, 0.25) is 0 Å². The van der Waals surface area contributed by atoms with Crippen molar-refractivity contribution in [3.8, 4) is 0 Å². The van der Waals surface area contributed by atoms with Crippen LogP contribution >= 0.6 is 15.9 Å². The monoisotopic (exact) mass is 326 g/mol. The highest BCUT2D eigenvalue weighted by Crippen LogP contribution is 2.26. The van der Waals surface area contributed by atoms with Crippen LogP contribution in [0.25, 0.3) is 0 Å². The Morgan fingerprint density at radius 1 is 1.53 bits per heavy atom. The fourth-order valence-electron chi connectivity index (χ4n) is 2.37. The van der Waals surface area contributed by atoms with E-state index < -0.39 is 13.1 Å². The van der Waals surface area contributed by atoms with Crippen molar-refractivity contribution in [3.05, 3.63) is 28.2 Å². The maximum Gasteiger partial charge on any atom is 0.495 e. The number of hydrogen-bond acceptors (Lipinski definition) is 3. The molecule has 1 aliphatic heterocycles. The smallest absolute Gasteiger partial charge is 0.478 e. The van der Waals surface area contributed by atoms with Gasteiger partial charge in [-0.05, 0) is 44.8 Å². The zero-order valence-electron chi connectivity index (χ0n) is 11.1. The lowest BCUT2D eigenvalue weighted by Crippen LogP contribution is -2.53. The molecule has 0 aromatic heterocycles. The van der Waals surface area contributed by atoms with E-state index in [-0.39, 0.29) is 17.3 Å². The molecule has 1 unspecified atom stereocenters. The Labute approximate surface area is 121 Å². The molecule has 0 radical (unpaired) electrons. The van der Waals surface area contributed by atoms with Crippen molar-refractivity contribution in [3.63, 3.8) is 0 Å². The Balaban J connectivity index is 2.38. The first-order chi connectivity index (χ1) is 8.78. The van der Waals surface area contributed by atoms with Gasteiger partial charge in [-0.1, -0.05) is 22.0 Å². The van der Waals surface area contributed by atoms with Gasteiger partial charge in [0.1, 0.15) is 0 Å². The number of carbonyl (C=O) groups is 1. The van der Waals surface area contributed by atoms with Crippen molar-refractivity contribution < 1.29 is 19.2 Å². The van der Waals surface area contributed by atoms with Crippen LogP contribution in [0.3, 0.4) is 0 Å². The number of benzene rings is 1. The summed E-state index contributed by atoms with van der Waals surface area (Å²) in [6.45, 7) is 5.94. The first kappa shape index (κ1) is 14.6. The molecule has 1 N–H and O–H groups in total. The van der Waals surface area contributed by atoms with E-state index in [1.165, 1.54) is 0 Å². The molecule has 19 heavy (non-hydrogen) atoms. The summed E-state index contributed by atoms with van der Waals surface area (Å²) in [5.41, 5.74) is 0.421. The summed E-state index contributed by atoms with van der Waals surface area (Å²) in [5, 5.41) is 9.28. The molecule has 102 valence electrons. The highest BCUT2D eigenvalue weighted by atomic mass is 79.9. The lowest BCUT2D eigenvalue weighted by Gasteiger charge is -2.38. The molecule has 0 bridgehead atoms. The number of carboxylic acids is 1. The van der Waals surface area contributed by atoms with Crippen LogP contribution < -0.4 is 5.46 Å². The Morgan fingerprint density at radius 3 is 2.79 bits per heavy atom. The highest BCUT2D eigenvalue weighted by Gasteiger charge is 2.39. The third-order valence-electron chi connectivity index (χ3n) is 3.06. The van der Waals surface area contributed by atoms with Crippen molar-refractivity contribution in [2.24, 2.45) is 0 Å². The molecule has 1 aliphatic rings. The van der Waals surface area contributed by atoms with E-state index in [2.05, 4.69) is 15.9 Å². The van der Waals surface area contributed by atoms with Gasteiger partial charge in [0.05, 0.1) is 11.2 Å². The second kappa shape index (κ2) is 5.27. The minimum atomic E-state index is -0.987. The highest BCUT2D eigenvalue weighted by molar-refractivity contribution is 9.10. The fraction of sp³-hybridized carbons (Fsp3) is 0.462. The SMILES string of the molecule is CC1CC(C)(C)OB(c2ccc(Br)cc2C(=O)O)O1. The van der Waals surface area contributed by atoms with Gasteiger partial charge in [-0.15, -0.1) is 0 Å². The van der Waals surface area contributed by atoms with Crippen LogP contribution in [0.2, 0.25) is 0 Å². The largest absolute Gasteiger partial charge is 0.495 e. The molecule has 1 aromatic rings. The lowest BCUT2D eigenvalue weighted by atomic mass is 9.72. The van der Waals surface area contributed by atoms with Crippen LogP contribution in [0.15, 0.2) is 22.7 Å². The Hall–Kier alpha value is -0.845. The molecular formula is C13H16BBrO4. The van der Waals surface area contributed by atoms with Gasteiger partial charge in [-0.3, -0.25) is 0 Å². The molecule has 1 atom stereocenters. The van der Waals surface area contributed by atoms with E-state index in [1.54, 1.807) is 18.2 Å². The molecule has 1 fully saturated rings. The molecule has 1 aromatic carbocycles. The van der Waals surface area contributed by atoms with Crippen molar-refractivity contribution in [1.29, 1.82) is 0 Å².